The summed E-state index contributed by atoms with van der Waals surface area (Å²) in [7, 11) is 0. The minimum atomic E-state index is -3.12. The molecule has 0 spiro atoms. The van der Waals surface area contributed by atoms with Crippen LogP contribution in [-0.2, 0) is 0 Å². The minimum absolute atomic E-state index is 0.0932. The van der Waals surface area contributed by atoms with E-state index in [0.717, 1.165) is 0 Å². The van der Waals surface area contributed by atoms with Crippen LogP contribution in [0.3, 0.4) is 0 Å². The van der Waals surface area contributed by atoms with Gasteiger partial charge in [-0.05, 0) is 24.3 Å². The zero-order chi connectivity index (χ0) is 19.8. The number of ether oxygens (including phenoxy) is 2. The van der Waals surface area contributed by atoms with Gasteiger partial charge in [0, 0.05) is 0 Å². The second-order valence-corrected chi connectivity index (χ2v) is 6.46. The van der Waals surface area contributed by atoms with Crippen LogP contribution in [0.5, 0.6) is 11.5 Å². The third-order valence-electron chi connectivity index (χ3n) is 4.30. The van der Waals surface area contributed by atoms with E-state index in [1.54, 1.807) is 60.7 Å². The van der Waals surface area contributed by atoms with Crippen LogP contribution in [-0.4, -0.2) is 11.8 Å². The van der Waals surface area contributed by atoms with Crippen LogP contribution in [0.4, 0.5) is 17.6 Å². The molecule has 142 valence electrons. The van der Waals surface area contributed by atoms with Crippen molar-refractivity contribution in [3.05, 3.63) is 83.3 Å². The first-order chi connectivity index (χ1) is 13.4. The fourth-order valence-electron chi connectivity index (χ4n) is 2.83. The Balaban J connectivity index is 1.59. The van der Waals surface area contributed by atoms with Gasteiger partial charge in [-0.1, -0.05) is 48.2 Å². The Morgan fingerprint density at radius 3 is 1.29 bits per heavy atom. The molecule has 4 rings (SSSR count). The van der Waals surface area contributed by atoms with Gasteiger partial charge in [0.2, 0.25) is 0 Å². The summed E-state index contributed by atoms with van der Waals surface area (Å²) in [5.74, 6) is -1.69. The topological polar surface area (TPSA) is 18.5 Å². The predicted octanol–water partition coefficient (Wildman–Crippen LogP) is 5.73. The Hall–Kier alpha value is -3.20. The molecule has 28 heavy (non-hydrogen) atoms. The summed E-state index contributed by atoms with van der Waals surface area (Å²) in [6.45, 7) is 0. The summed E-state index contributed by atoms with van der Waals surface area (Å²) in [6, 6.07) is 16.3. The van der Waals surface area contributed by atoms with Gasteiger partial charge in [-0.3, -0.25) is 0 Å². The second-order valence-electron chi connectivity index (χ2n) is 6.46. The van der Waals surface area contributed by atoms with Crippen LogP contribution in [0, 0.1) is 11.8 Å². The molecule has 2 aromatic carbocycles. The third kappa shape index (κ3) is 3.48. The van der Waals surface area contributed by atoms with Crippen molar-refractivity contribution >= 4 is 0 Å². The van der Waals surface area contributed by atoms with E-state index in [2.05, 4.69) is 11.8 Å². The zero-order valence-electron chi connectivity index (χ0n) is 14.5. The summed E-state index contributed by atoms with van der Waals surface area (Å²) in [6.07, 6.45) is -1.17. The first kappa shape index (κ1) is 18.2. The lowest BCUT2D eigenvalue weighted by Crippen LogP contribution is -2.35. The first-order valence-corrected chi connectivity index (χ1v) is 8.56. The van der Waals surface area contributed by atoms with Crippen LogP contribution in [0.25, 0.3) is 0 Å². The maximum atomic E-state index is 13.8. The van der Waals surface area contributed by atoms with Crippen molar-refractivity contribution in [3.63, 3.8) is 0 Å². The van der Waals surface area contributed by atoms with E-state index in [9.17, 15) is 17.6 Å². The standard InChI is InChI=1S/C22H14F4O2/c23-21(24)13-15(19(21)27-17-7-3-1-4-8-17)11-12-16-14-22(25,26)20(16)28-18-9-5-2-6-10-18/h1-10H,13-14H2. The molecule has 0 saturated carbocycles. The number of hydrogen-bond acceptors (Lipinski definition) is 2. The van der Waals surface area contributed by atoms with Gasteiger partial charge >= 0.3 is 11.8 Å². The van der Waals surface area contributed by atoms with Crippen molar-refractivity contribution in [2.75, 3.05) is 0 Å². The van der Waals surface area contributed by atoms with Gasteiger partial charge in [-0.2, -0.15) is 17.6 Å². The molecule has 0 unspecified atom stereocenters. The van der Waals surface area contributed by atoms with E-state index in [0.29, 0.717) is 0 Å². The number of allylic oxidation sites excluding steroid dienone is 4. The monoisotopic (exact) mass is 386 g/mol. The van der Waals surface area contributed by atoms with Gasteiger partial charge in [0.05, 0.1) is 24.0 Å². The number of hydrogen-bond donors (Lipinski definition) is 0. The molecule has 0 saturated heterocycles. The maximum Gasteiger partial charge on any atom is 0.310 e. The van der Waals surface area contributed by atoms with Crippen molar-refractivity contribution in [2.45, 2.75) is 24.7 Å². The molecule has 0 aromatic heterocycles. The van der Waals surface area contributed by atoms with Gasteiger partial charge in [-0.25, -0.2) is 0 Å². The highest BCUT2D eigenvalue weighted by atomic mass is 19.3. The SMILES string of the molecule is FC1(F)CC(C#CC2=C(Oc3ccccc3)C(F)(F)C2)=C1Oc1ccccc1. The number of benzene rings is 2. The first-order valence-electron chi connectivity index (χ1n) is 8.56. The number of rotatable bonds is 4. The van der Waals surface area contributed by atoms with Crippen molar-refractivity contribution < 1.29 is 27.0 Å². The second kappa shape index (κ2) is 6.75. The molecule has 0 N–H and O–H groups in total. The van der Waals surface area contributed by atoms with Gasteiger partial charge in [-0.15, -0.1) is 0 Å². The van der Waals surface area contributed by atoms with Gasteiger partial charge in [0.1, 0.15) is 11.5 Å². The van der Waals surface area contributed by atoms with Gasteiger partial charge < -0.3 is 9.47 Å². The minimum Gasteiger partial charge on any atom is -0.454 e. The van der Waals surface area contributed by atoms with Crippen LogP contribution in [0.1, 0.15) is 12.8 Å². The molecule has 0 fully saturated rings. The summed E-state index contributed by atoms with van der Waals surface area (Å²) in [4.78, 5) is 0. The van der Waals surface area contributed by atoms with Gasteiger partial charge in [0.15, 0.2) is 11.5 Å². The molecule has 6 heteroatoms. The van der Waals surface area contributed by atoms with Crippen molar-refractivity contribution in [3.8, 4) is 23.3 Å². The molecule has 2 aliphatic rings. The summed E-state index contributed by atoms with van der Waals surface area (Å²) in [5.41, 5.74) is 0.186. The molecule has 0 amide bonds. The maximum absolute atomic E-state index is 13.8. The lowest BCUT2D eigenvalue weighted by atomic mass is 9.89. The molecule has 0 heterocycles. The van der Waals surface area contributed by atoms with Crippen LogP contribution < -0.4 is 9.47 Å². The third-order valence-corrected chi connectivity index (χ3v) is 4.30. The smallest absolute Gasteiger partial charge is 0.310 e. The zero-order valence-corrected chi connectivity index (χ0v) is 14.5. The number of halogens is 4. The molecule has 0 bridgehead atoms. The average molecular weight is 386 g/mol. The van der Waals surface area contributed by atoms with Gasteiger partial charge in [0.25, 0.3) is 0 Å². The van der Waals surface area contributed by atoms with E-state index >= 15 is 0 Å². The van der Waals surface area contributed by atoms with Crippen molar-refractivity contribution in [1.29, 1.82) is 0 Å². The summed E-state index contributed by atoms with van der Waals surface area (Å²) >= 11 is 0. The fraction of sp³-hybridized carbons (Fsp3) is 0.182. The molecule has 2 aliphatic carbocycles. The van der Waals surface area contributed by atoms with E-state index in [1.165, 1.54) is 0 Å². The van der Waals surface area contributed by atoms with Crippen LogP contribution in [0.2, 0.25) is 0 Å². The normalized spacial score (nSPS) is 19.1. The van der Waals surface area contributed by atoms with E-state index in [-0.39, 0.29) is 22.6 Å². The lowest BCUT2D eigenvalue weighted by molar-refractivity contribution is -0.0213. The van der Waals surface area contributed by atoms with E-state index in [1.807, 2.05) is 0 Å². The number of para-hydroxylation sites is 2. The van der Waals surface area contributed by atoms with Crippen molar-refractivity contribution in [1.82, 2.24) is 0 Å². The fourth-order valence-corrected chi connectivity index (χ4v) is 2.83. The molecule has 0 atom stereocenters. The summed E-state index contributed by atoms with van der Waals surface area (Å²) < 4.78 is 65.9. The highest BCUT2D eigenvalue weighted by molar-refractivity contribution is 5.52. The highest BCUT2D eigenvalue weighted by Gasteiger charge is 2.50. The predicted molar refractivity (Wildman–Crippen MR) is 95.1 cm³/mol. The molecule has 0 aliphatic heterocycles. The quantitative estimate of drug-likeness (QED) is 0.493. The highest BCUT2D eigenvalue weighted by Crippen LogP contribution is 2.46. The number of alkyl halides is 4. The van der Waals surface area contributed by atoms with Crippen LogP contribution >= 0.6 is 0 Å². The summed E-state index contributed by atoms with van der Waals surface area (Å²) in [5, 5.41) is 0. The molecular formula is C22H14F4O2. The molecular weight excluding hydrogens is 372 g/mol. The molecule has 2 nitrogen and oxygen atoms in total. The van der Waals surface area contributed by atoms with Crippen LogP contribution in [0.15, 0.2) is 83.3 Å². The van der Waals surface area contributed by atoms with E-state index in [4.69, 9.17) is 9.47 Å². The Morgan fingerprint density at radius 2 is 0.964 bits per heavy atom. The Kier molecular flexibility index (Phi) is 4.38. The molecule has 0 radical (unpaired) electrons. The lowest BCUT2D eigenvalue weighted by Gasteiger charge is -2.31. The van der Waals surface area contributed by atoms with Crippen molar-refractivity contribution in [2.24, 2.45) is 0 Å². The average Bonchev–Trinajstić information content (AvgIpc) is 2.68. The largest absolute Gasteiger partial charge is 0.454 e. The Labute approximate surface area is 159 Å². The Bertz CT molecular complexity index is 931. The Morgan fingerprint density at radius 1 is 0.607 bits per heavy atom. The molecule has 2 aromatic rings. The van der Waals surface area contributed by atoms with E-state index < -0.39 is 36.2 Å².